The lowest BCUT2D eigenvalue weighted by atomic mass is 10.1. The summed E-state index contributed by atoms with van der Waals surface area (Å²) in [6, 6.07) is 7.43. The molecule has 0 atom stereocenters. The van der Waals surface area contributed by atoms with Crippen molar-refractivity contribution >= 4 is 52.8 Å². The smallest absolute Gasteiger partial charge is 0.335 e. The van der Waals surface area contributed by atoms with Gasteiger partial charge in [0, 0.05) is 0 Å². The fourth-order valence-corrected chi connectivity index (χ4v) is 3.22. The van der Waals surface area contributed by atoms with Crippen LogP contribution in [0.1, 0.15) is 5.56 Å². The Morgan fingerprint density at radius 3 is 2.31 bits per heavy atom. The number of hydrogen-bond donors (Lipinski definition) is 2. The van der Waals surface area contributed by atoms with E-state index in [0.717, 1.165) is 4.90 Å². The van der Waals surface area contributed by atoms with E-state index >= 15 is 0 Å². The molecule has 1 heterocycles. The summed E-state index contributed by atoms with van der Waals surface area (Å²) < 4.78 is 5.38. The lowest BCUT2D eigenvalue weighted by molar-refractivity contribution is -0.122. The van der Waals surface area contributed by atoms with Crippen LogP contribution in [0.2, 0.25) is 10.0 Å². The molecule has 2 aromatic carbocycles. The van der Waals surface area contributed by atoms with E-state index in [-0.39, 0.29) is 39.4 Å². The Morgan fingerprint density at radius 1 is 1.10 bits per heavy atom. The van der Waals surface area contributed by atoms with E-state index in [9.17, 15) is 19.5 Å². The highest BCUT2D eigenvalue weighted by molar-refractivity contribution is 6.40. The van der Waals surface area contributed by atoms with Crippen molar-refractivity contribution in [3.8, 4) is 11.5 Å². The Bertz CT molecular complexity index is 1020. The third kappa shape index (κ3) is 4.26. The second-order valence-electron chi connectivity index (χ2n) is 5.89. The van der Waals surface area contributed by atoms with Gasteiger partial charge in [0.15, 0.2) is 5.75 Å². The van der Waals surface area contributed by atoms with Gasteiger partial charge in [-0.15, -0.1) is 0 Å². The molecule has 1 aliphatic rings. The van der Waals surface area contributed by atoms with E-state index < -0.39 is 17.8 Å². The number of aromatic hydroxyl groups is 1. The van der Waals surface area contributed by atoms with Gasteiger partial charge in [-0.05, 0) is 48.0 Å². The van der Waals surface area contributed by atoms with E-state index in [1.807, 2.05) is 0 Å². The Hall–Kier alpha value is -3.29. The number of barbiturate groups is 1. The molecule has 1 saturated heterocycles. The number of nitrogens with zero attached hydrogens (tertiary/aromatic N) is 1. The first-order chi connectivity index (χ1) is 13.8. The van der Waals surface area contributed by atoms with Gasteiger partial charge in [-0.1, -0.05) is 35.9 Å². The minimum absolute atomic E-state index is 0.0338. The van der Waals surface area contributed by atoms with Crippen molar-refractivity contribution in [2.45, 2.75) is 0 Å². The Morgan fingerprint density at radius 2 is 1.72 bits per heavy atom. The number of anilines is 1. The first-order valence-electron chi connectivity index (χ1n) is 8.25. The number of ether oxygens (including phenoxy) is 1. The molecule has 1 fully saturated rings. The summed E-state index contributed by atoms with van der Waals surface area (Å²) >= 11 is 12.4. The molecule has 2 N–H and O–H groups in total. The SMILES string of the molecule is C=CCOc1c(Cl)cc(/C=C2\C(=O)NC(=O)N(c3ccc(O)cc3)C2=O)cc1Cl. The van der Waals surface area contributed by atoms with Gasteiger partial charge < -0.3 is 9.84 Å². The number of hydrogen-bond acceptors (Lipinski definition) is 5. The third-order valence-corrected chi connectivity index (χ3v) is 4.45. The molecule has 0 bridgehead atoms. The van der Waals surface area contributed by atoms with Crippen LogP contribution < -0.4 is 15.0 Å². The van der Waals surface area contributed by atoms with Crippen LogP contribution in [0.3, 0.4) is 0 Å². The van der Waals surface area contributed by atoms with Crippen molar-refractivity contribution < 1.29 is 24.2 Å². The molecule has 2 aromatic rings. The molecule has 0 unspecified atom stereocenters. The summed E-state index contributed by atoms with van der Waals surface area (Å²) in [6.45, 7) is 3.74. The highest BCUT2D eigenvalue weighted by Gasteiger charge is 2.36. The van der Waals surface area contributed by atoms with Crippen molar-refractivity contribution in [1.82, 2.24) is 5.32 Å². The van der Waals surface area contributed by atoms with Crippen LogP contribution >= 0.6 is 23.2 Å². The van der Waals surface area contributed by atoms with E-state index in [4.69, 9.17) is 27.9 Å². The first kappa shape index (κ1) is 20.4. The minimum Gasteiger partial charge on any atom is -0.508 e. The van der Waals surface area contributed by atoms with Crippen molar-refractivity contribution in [1.29, 1.82) is 0 Å². The van der Waals surface area contributed by atoms with Gasteiger partial charge in [0.25, 0.3) is 11.8 Å². The van der Waals surface area contributed by atoms with Gasteiger partial charge in [-0.2, -0.15) is 0 Å². The molecule has 29 heavy (non-hydrogen) atoms. The van der Waals surface area contributed by atoms with Gasteiger partial charge in [0.05, 0.1) is 15.7 Å². The molecule has 0 spiro atoms. The van der Waals surface area contributed by atoms with Crippen LogP contribution in [0.25, 0.3) is 6.08 Å². The predicted octanol–water partition coefficient (Wildman–Crippen LogP) is 3.93. The minimum atomic E-state index is -0.896. The Balaban J connectivity index is 1.98. The van der Waals surface area contributed by atoms with Crippen LogP contribution in [0, 0.1) is 0 Å². The second kappa shape index (κ2) is 8.38. The summed E-state index contributed by atoms with van der Waals surface area (Å²) in [6.07, 6.45) is 2.80. The van der Waals surface area contributed by atoms with Gasteiger partial charge in [0.2, 0.25) is 0 Å². The number of phenols is 1. The molecule has 148 valence electrons. The topological polar surface area (TPSA) is 95.9 Å². The number of carbonyl (C=O) groups is 3. The van der Waals surface area contributed by atoms with Crippen LogP contribution in [-0.2, 0) is 9.59 Å². The monoisotopic (exact) mass is 432 g/mol. The maximum Gasteiger partial charge on any atom is 0.335 e. The number of urea groups is 1. The molecule has 0 radical (unpaired) electrons. The molecule has 0 saturated carbocycles. The summed E-state index contributed by atoms with van der Waals surface area (Å²) in [5.41, 5.74) is 0.266. The number of imide groups is 2. The van der Waals surface area contributed by atoms with Crippen molar-refractivity contribution in [2.75, 3.05) is 11.5 Å². The standard InChI is InChI=1S/C20H14Cl2N2O5/c1-2-7-29-17-15(21)9-11(10-16(17)22)8-14-18(26)23-20(28)24(19(14)27)12-3-5-13(25)6-4-12/h2-6,8-10,25H,1,7H2,(H,23,26,28)/b14-8+. The summed E-state index contributed by atoms with van der Waals surface area (Å²) in [7, 11) is 0. The molecule has 9 heteroatoms. The molecule has 0 aromatic heterocycles. The average Bonchev–Trinajstić information content (AvgIpc) is 2.66. The Labute approximate surface area is 175 Å². The van der Waals surface area contributed by atoms with Gasteiger partial charge >= 0.3 is 6.03 Å². The van der Waals surface area contributed by atoms with Crippen LogP contribution in [0.5, 0.6) is 11.5 Å². The molecule has 4 amide bonds. The van der Waals surface area contributed by atoms with Crippen molar-refractivity contribution in [3.05, 3.63) is 70.2 Å². The molecule has 3 rings (SSSR count). The average molecular weight is 433 g/mol. The molecular weight excluding hydrogens is 419 g/mol. The lowest BCUT2D eigenvalue weighted by Gasteiger charge is -2.26. The first-order valence-corrected chi connectivity index (χ1v) is 9.00. The van der Waals surface area contributed by atoms with Crippen molar-refractivity contribution in [3.63, 3.8) is 0 Å². The van der Waals surface area contributed by atoms with E-state index in [0.29, 0.717) is 5.56 Å². The zero-order valence-corrected chi connectivity index (χ0v) is 16.3. The van der Waals surface area contributed by atoms with Gasteiger partial charge in [-0.25, -0.2) is 9.69 Å². The number of phenolic OH excluding ortho intramolecular Hbond substituents is 1. The van der Waals surface area contributed by atoms with Crippen LogP contribution in [0.4, 0.5) is 10.5 Å². The zero-order valence-electron chi connectivity index (χ0n) is 14.8. The van der Waals surface area contributed by atoms with Gasteiger partial charge in [-0.3, -0.25) is 14.9 Å². The van der Waals surface area contributed by atoms with Gasteiger partial charge in [0.1, 0.15) is 17.9 Å². The van der Waals surface area contributed by atoms with E-state index in [1.54, 1.807) is 0 Å². The highest BCUT2D eigenvalue weighted by atomic mass is 35.5. The zero-order chi connectivity index (χ0) is 21.1. The van der Waals surface area contributed by atoms with Crippen LogP contribution in [-0.4, -0.2) is 29.6 Å². The third-order valence-electron chi connectivity index (χ3n) is 3.89. The van der Waals surface area contributed by atoms with Crippen molar-refractivity contribution in [2.24, 2.45) is 0 Å². The summed E-state index contributed by atoms with van der Waals surface area (Å²) in [5, 5.41) is 11.9. The van der Waals surface area contributed by atoms with E-state index in [1.165, 1.54) is 48.6 Å². The maximum absolute atomic E-state index is 12.8. The highest BCUT2D eigenvalue weighted by Crippen LogP contribution is 2.35. The van der Waals surface area contributed by atoms with Crippen LogP contribution in [0.15, 0.2) is 54.6 Å². The number of carbonyl (C=O) groups excluding carboxylic acids is 3. The molecule has 0 aliphatic carbocycles. The number of nitrogens with one attached hydrogen (secondary N) is 1. The largest absolute Gasteiger partial charge is 0.508 e. The number of halogens is 2. The van der Waals surface area contributed by atoms with E-state index in [2.05, 4.69) is 11.9 Å². The maximum atomic E-state index is 12.8. The number of rotatable bonds is 5. The summed E-state index contributed by atoms with van der Waals surface area (Å²) in [4.78, 5) is 38.0. The number of benzene rings is 2. The predicted molar refractivity (Wildman–Crippen MR) is 109 cm³/mol. The second-order valence-corrected chi connectivity index (χ2v) is 6.70. The molecule has 7 nitrogen and oxygen atoms in total. The summed E-state index contributed by atoms with van der Waals surface area (Å²) in [5.74, 6) is -1.47. The Kier molecular flexibility index (Phi) is 5.91. The normalized spacial score (nSPS) is 15.4. The molecular formula is C20H14Cl2N2O5. The quantitative estimate of drug-likeness (QED) is 0.423. The fourth-order valence-electron chi connectivity index (χ4n) is 2.60. The number of amides is 4. The fraction of sp³-hybridized carbons (Fsp3) is 0.0500. The molecule has 1 aliphatic heterocycles. The lowest BCUT2D eigenvalue weighted by Crippen LogP contribution is -2.54.